The topological polar surface area (TPSA) is 83.5 Å². The van der Waals surface area contributed by atoms with Crippen LogP contribution in [0.5, 0.6) is 0 Å². The van der Waals surface area contributed by atoms with E-state index in [0.29, 0.717) is 6.42 Å². The van der Waals surface area contributed by atoms with Gasteiger partial charge in [0.2, 0.25) is 10.0 Å². The zero-order valence-corrected chi connectivity index (χ0v) is 14.5. The number of carboxylic acids is 1. The second-order valence-corrected chi connectivity index (χ2v) is 7.62. The zero-order chi connectivity index (χ0) is 16.9. The summed E-state index contributed by atoms with van der Waals surface area (Å²) in [6.07, 6.45) is 0.649. The normalized spacial score (nSPS) is 12.7. The molecule has 0 amide bonds. The maximum absolute atomic E-state index is 12.3. The Kier molecular flexibility index (Phi) is 5.92. The van der Waals surface area contributed by atoms with E-state index in [9.17, 15) is 18.3 Å². The minimum atomic E-state index is -3.88. The van der Waals surface area contributed by atoms with Crippen LogP contribution in [0.2, 0.25) is 0 Å². The van der Waals surface area contributed by atoms with Crippen molar-refractivity contribution in [3.05, 3.63) is 64.6 Å². The van der Waals surface area contributed by atoms with Crippen LogP contribution in [0.3, 0.4) is 0 Å². The number of benzene rings is 2. The lowest BCUT2D eigenvalue weighted by atomic mass is 10.1. The Hall–Kier alpha value is -1.70. The van der Waals surface area contributed by atoms with Gasteiger partial charge in [0.25, 0.3) is 0 Å². The highest BCUT2D eigenvalue weighted by Gasteiger charge is 2.25. The summed E-state index contributed by atoms with van der Waals surface area (Å²) < 4.78 is 27.6. The van der Waals surface area contributed by atoms with Gasteiger partial charge in [-0.25, -0.2) is 8.42 Å². The monoisotopic (exact) mass is 397 g/mol. The summed E-state index contributed by atoms with van der Waals surface area (Å²) in [4.78, 5) is 11.4. The van der Waals surface area contributed by atoms with E-state index in [2.05, 4.69) is 20.7 Å². The van der Waals surface area contributed by atoms with Crippen LogP contribution >= 0.6 is 15.9 Å². The minimum absolute atomic E-state index is 0.0339. The number of aryl methyl sites for hydroxylation is 1. The molecule has 2 N–H and O–H groups in total. The SMILES string of the molecule is O=C(O)[C@H](CCc1ccccc1)NS(=O)(=O)c1ccc(Br)cc1. The summed E-state index contributed by atoms with van der Waals surface area (Å²) in [6, 6.07) is 14.2. The van der Waals surface area contributed by atoms with Gasteiger partial charge < -0.3 is 5.11 Å². The van der Waals surface area contributed by atoms with Crippen molar-refractivity contribution in [3.8, 4) is 0 Å². The number of nitrogens with one attached hydrogen (secondary N) is 1. The molecule has 0 aliphatic heterocycles. The van der Waals surface area contributed by atoms with Gasteiger partial charge in [0, 0.05) is 4.47 Å². The third-order valence-electron chi connectivity index (χ3n) is 3.28. The molecular formula is C16H16BrNO4S. The first-order valence-electron chi connectivity index (χ1n) is 6.93. The van der Waals surface area contributed by atoms with Gasteiger partial charge >= 0.3 is 5.97 Å². The van der Waals surface area contributed by atoms with Crippen LogP contribution in [0.25, 0.3) is 0 Å². The Balaban J connectivity index is 2.09. The number of hydrogen-bond acceptors (Lipinski definition) is 3. The molecule has 0 unspecified atom stereocenters. The van der Waals surface area contributed by atoms with Crippen molar-refractivity contribution in [2.45, 2.75) is 23.8 Å². The predicted molar refractivity (Wildman–Crippen MR) is 90.7 cm³/mol. The largest absolute Gasteiger partial charge is 0.480 e. The second-order valence-electron chi connectivity index (χ2n) is 4.99. The maximum Gasteiger partial charge on any atom is 0.321 e. The van der Waals surface area contributed by atoms with E-state index < -0.39 is 22.0 Å². The summed E-state index contributed by atoms with van der Waals surface area (Å²) in [7, 11) is -3.88. The van der Waals surface area contributed by atoms with Gasteiger partial charge in [-0.15, -0.1) is 0 Å². The first kappa shape index (κ1) is 17.7. The first-order valence-corrected chi connectivity index (χ1v) is 9.21. The molecule has 5 nitrogen and oxygen atoms in total. The number of carbonyl (C=O) groups is 1. The molecule has 0 radical (unpaired) electrons. The number of hydrogen-bond donors (Lipinski definition) is 2. The molecule has 0 aromatic heterocycles. The fourth-order valence-corrected chi connectivity index (χ4v) is 3.55. The van der Waals surface area contributed by atoms with E-state index in [0.717, 1.165) is 10.0 Å². The summed E-state index contributed by atoms with van der Waals surface area (Å²) in [6.45, 7) is 0. The van der Waals surface area contributed by atoms with Crippen LogP contribution in [-0.4, -0.2) is 25.5 Å². The summed E-state index contributed by atoms with van der Waals surface area (Å²) in [5.74, 6) is -1.19. The molecule has 0 fully saturated rings. The van der Waals surface area contributed by atoms with Gasteiger partial charge in [-0.2, -0.15) is 4.72 Å². The quantitative estimate of drug-likeness (QED) is 0.752. The van der Waals surface area contributed by atoms with Crippen molar-refractivity contribution in [2.75, 3.05) is 0 Å². The van der Waals surface area contributed by atoms with E-state index in [1.807, 2.05) is 30.3 Å². The highest BCUT2D eigenvalue weighted by Crippen LogP contribution is 2.15. The predicted octanol–water partition coefficient (Wildman–Crippen LogP) is 2.81. The van der Waals surface area contributed by atoms with E-state index >= 15 is 0 Å². The molecule has 2 aromatic carbocycles. The summed E-state index contributed by atoms with van der Waals surface area (Å²) in [5, 5.41) is 9.27. The fraction of sp³-hybridized carbons (Fsp3) is 0.188. The highest BCUT2D eigenvalue weighted by atomic mass is 79.9. The standard InChI is InChI=1S/C16H16BrNO4S/c17-13-7-9-14(10-8-13)23(21,22)18-15(16(19)20)11-6-12-4-2-1-3-5-12/h1-5,7-10,15,18H,6,11H2,(H,19,20)/t15-/m0/s1. The minimum Gasteiger partial charge on any atom is -0.480 e. The molecule has 0 aliphatic rings. The van der Waals surface area contributed by atoms with Crippen molar-refractivity contribution in [3.63, 3.8) is 0 Å². The second kappa shape index (κ2) is 7.72. The highest BCUT2D eigenvalue weighted by molar-refractivity contribution is 9.10. The third kappa shape index (κ3) is 5.16. The molecule has 122 valence electrons. The average molecular weight is 398 g/mol. The molecule has 0 saturated carbocycles. The van der Waals surface area contributed by atoms with E-state index in [-0.39, 0.29) is 11.3 Å². The molecular weight excluding hydrogens is 382 g/mol. The molecule has 0 saturated heterocycles. The lowest BCUT2D eigenvalue weighted by Gasteiger charge is -2.15. The molecule has 2 rings (SSSR count). The molecule has 1 atom stereocenters. The van der Waals surface area contributed by atoms with Crippen LogP contribution in [0, 0.1) is 0 Å². The maximum atomic E-state index is 12.3. The van der Waals surface area contributed by atoms with E-state index in [1.54, 1.807) is 12.1 Å². The molecule has 0 heterocycles. The summed E-state index contributed by atoms with van der Waals surface area (Å²) in [5.41, 5.74) is 0.960. The van der Waals surface area contributed by atoms with Crippen LogP contribution in [0.15, 0.2) is 64.0 Å². The Bertz CT molecular complexity index is 760. The van der Waals surface area contributed by atoms with Gasteiger partial charge in [-0.3, -0.25) is 4.79 Å². The number of halogens is 1. The molecule has 0 spiro atoms. The lowest BCUT2D eigenvalue weighted by molar-refractivity contribution is -0.139. The van der Waals surface area contributed by atoms with Crippen LogP contribution in [-0.2, 0) is 21.2 Å². The fourth-order valence-electron chi connectivity index (χ4n) is 2.06. The van der Waals surface area contributed by atoms with Crippen LogP contribution in [0.4, 0.5) is 0 Å². The van der Waals surface area contributed by atoms with Crippen molar-refractivity contribution >= 4 is 31.9 Å². The lowest BCUT2D eigenvalue weighted by Crippen LogP contribution is -2.41. The Morgan fingerprint density at radius 1 is 1.09 bits per heavy atom. The molecule has 0 bridgehead atoms. The molecule has 0 aliphatic carbocycles. The van der Waals surface area contributed by atoms with Crippen molar-refractivity contribution < 1.29 is 18.3 Å². The van der Waals surface area contributed by atoms with Crippen molar-refractivity contribution in [1.29, 1.82) is 0 Å². The summed E-state index contributed by atoms with van der Waals surface area (Å²) >= 11 is 3.23. The zero-order valence-electron chi connectivity index (χ0n) is 12.1. The number of rotatable bonds is 7. The smallest absolute Gasteiger partial charge is 0.321 e. The van der Waals surface area contributed by atoms with Crippen molar-refractivity contribution in [1.82, 2.24) is 4.72 Å². The molecule has 2 aromatic rings. The van der Waals surface area contributed by atoms with E-state index in [1.165, 1.54) is 12.1 Å². The van der Waals surface area contributed by atoms with Gasteiger partial charge in [0.15, 0.2) is 0 Å². The van der Waals surface area contributed by atoms with Gasteiger partial charge in [0.1, 0.15) is 6.04 Å². The Morgan fingerprint density at radius 3 is 2.26 bits per heavy atom. The first-order chi connectivity index (χ1) is 10.9. The van der Waals surface area contributed by atoms with Crippen LogP contribution in [0.1, 0.15) is 12.0 Å². The van der Waals surface area contributed by atoms with Crippen molar-refractivity contribution in [2.24, 2.45) is 0 Å². The number of sulfonamides is 1. The Morgan fingerprint density at radius 2 is 1.70 bits per heavy atom. The average Bonchev–Trinajstić information content (AvgIpc) is 2.52. The number of carboxylic acid groups (broad SMARTS) is 1. The van der Waals surface area contributed by atoms with Gasteiger partial charge in [-0.05, 0) is 42.7 Å². The van der Waals surface area contributed by atoms with Gasteiger partial charge in [0.05, 0.1) is 4.90 Å². The Labute approximate surface area is 143 Å². The molecule has 23 heavy (non-hydrogen) atoms. The van der Waals surface area contributed by atoms with Gasteiger partial charge in [-0.1, -0.05) is 46.3 Å². The van der Waals surface area contributed by atoms with E-state index in [4.69, 9.17) is 0 Å². The van der Waals surface area contributed by atoms with Crippen LogP contribution < -0.4 is 4.72 Å². The number of aliphatic carboxylic acids is 1. The third-order valence-corrected chi connectivity index (χ3v) is 5.30. The molecule has 7 heteroatoms.